The molecule has 26 heavy (non-hydrogen) atoms. The molecule has 0 saturated heterocycles. The van der Waals surface area contributed by atoms with Crippen LogP contribution in [0.5, 0.6) is 5.88 Å². The lowest BCUT2D eigenvalue weighted by molar-refractivity contribution is -0.847. The van der Waals surface area contributed by atoms with E-state index in [0.717, 1.165) is 24.7 Å². The Morgan fingerprint density at radius 3 is 2.15 bits per heavy atom. The van der Waals surface area contributed by atoms with Gasteiger partial charge in [0.25, 0.3) is 0 Å². The Kier molecular flexibility index (Phi) is 7.41. The Bertz CT molecular complexity index is 684. The molecule has 1 aromatic heterocycles. The van der Waals surface area contributed by atoms with Crippen LogP contribution < -0.4 is 9.53 Å². The zero-order valence-electron chi connectivity index (χ0n) is 14.8. The van der Waals surface area contributed by atoms with E-state index in [4.69, 9.17) is 17.7 Å². The molecule has 0 aliphatic heterocycles. The first-order chi connectivity index (χ1) is 11.8. The second-order valence-corrected chi connectivity index (χ2v) is 8.25. The van der Waals surface area contributed by atoms with Crippen LogP contribution in [0.1, 0.15) is 46.5 Å². The minimum absolute atomic E-state index is 0.222. The van der Waals surface area contributed by atoms with Crippen LogP contribution in [0.2, 0.25) is 0 Å². The topological polar surface area (TPSA) is 70.3 Å². The fourth-order valence-electron chi connectivity index (χ4n) is 2.76. The van der Waals surface area contributed by atoms with Crippen LogP contribution in [0, 0.1) is 11.8 Å². The average molecular weight is 401 g/mol. The van der Waals surface area contributed by atoms with Gasteiger partial charge in [0, 0.05) is 6.07 Å². The van der Waals surface area contributed by atoms with Crippen LogP contribution in [-0.4, -0.2) is 24.1 Å². The summed E-state index contributed by atoms with van der Waals surface area (Å²) in [7, 11) is -6.09. The number of nitrogens with zero attached hydrogens (tertiary/aromatic N) is 1. The van der Waals surface area contributed by atoms with E-state index in [-0.39, 0.29) is 5.60 Å². The number of pyridine rings is 1. The van der Waals surface area contributed by atoms with Gasteiger partial charge < -0.3 is 9.29 Å². The smallest absolute Gasteiger partial charge is 0.485 e. The molecule has 1 heterocycles. The summed E-state index contributed by atoms with van der Waals surface area (Å²) < 4.78 is 78.3. The molecule has 1 aromatic rings. The summed E-state index contributed by atoms with van der Waals surface area (Å²) in [4.78, 5) is 0.555. The third-order valence-corrected chi connectivity index (χ3v) is 5.01. The Hall–Kier alpha value is -1.42. The van der Waals surface area contributed by atoms with E-state index in [0.29, 0.717) is 10.7 Å². The van der Waals surface area contributed by atoms with Gasteiger partial charge in [0.05, 0.1) is 15.3 Å². The summed E-state index contributed by atoms with van der Waals surface area (Å²) >= 11 is 0. The molecule has 150 valence electrons. The molecule has 5 nitrogen and oxygen atoms in total. The van der Waals surface area contributed by atoms with Gasteiger partial charge in [-0.05, 0) is 50.5 Å². The molecule has 1 saturated carbocycles. The molecule has 0 spiro atoms. The number of hydrogen-bond donors (Lipinski definition) is 0. The summed E-state index contributed by atoms with van der Waals surface area (Å²) in [5.74, 6) is 1.83. The normalized spacial score (nSPS) is 24.0. The van der Waals surface area contributed by atoms with Crippen molar-refractivity contribution in [2.75, 3.05) is 0 Å². The second-order valence-electron chi connectivity index (χ2n) is 6.88. The fourth-order valence-corrected chi connectivity index (χ4v) is 2.76. The molecule has 0 atom stereocenters. The predicted octanol–water partition coefficient (Wildman–Crippen LogP) is 3.74. The number of aromatic nitrogens is 1. The summed E-state index contributed by atoms with van der Waals surface area (Å²) in [6.45, 7) is 6.65. The van der Waals surface area contributed by atoms with E-state index < -0.39 is 15.6 Å². The number of ether oxygens (including phenoxy) is 1. The van der Waals surface area contributed by atoms with Gasteiger partial charge in [-0.1, -0.05) is 13.8 Å². The number of alkyl halides is 3. The first kappa shape index (κ1) is 22.6. The number of hydrogen-bond acceptors (Lipinski definition) is 4. The van der Waals surface area contributed by atoms with E-state index in [9.17, 15) is 17.7 Å². The van der Waals surface area contributed by atoms with E-state index in [1.54, 1.807) is 18.2 Å². The SMILES string of the molecule is CC(C)C1CCC(C)(Oc2cccc[n+]2F)CC1.O=S(=O)([O-])C(F)(F)F. The Labute approximate surface area is 150 Å². The van der Waals surface area contributed by atoms with Crippen LogP contribution in [0.4, 0.5) is 17.7 Å². The molecule has 2 rings (SSSR count). The van der Waals surface area contributed by atoms with Crippen LogP contribution in [0.3, 0.4) is 0 Å². The van der Waals surface area contributed by atoms with Crippen LogP contribution >= 0.6 is 0 Å². The molecule has 0 bridgehead atoms. The van der Waals surface area contributed by atoms with Crippen LogP contribution in [0.25, 0.3) is 0 Å². The Balaban J connectivity index is 0.000000359. The average Bonchev–Trinajstić information content (AvgIpc) is 2.48. The molecule has 0 N–H and O–H groups in total. The Morgan fingerprint density at radius 1 is 1.27 bits per heavy atom. The van der Waals surface area contributed by atoms with Gasteiger partial charge in [0.2, 0.25) is 6.20 Å². The van der Waals surface area contributed by atoms with Crippen molar-refractivity contribution in [1.29, 1.82) is 0 Å². The van der Waals surface area contributed by atoms with Gasteiger partial charge in [-0.25, -0.2) is 8.42 Å². The minimum Gasteiger partial charge on any atom is -0.741 e. The molecule has 1 aliphatic rings. The summed E-state index contributed by atoms with van der Waals surface area (Å²) in [5.41, 5.74) is -5.87. The summed E-state index contributed by atoms with van der Waals surface area (Å²) in [6, 6.07) is 5.14. The van der Waals surface area contributed by atoms with Crippen LogP contribution in [-0.2, 0) is 10.1 Å². The van der Waals surface area contributed by atoms with E-state index >= 15 is 0 Å². The van der Waals surface area contributed by atoms with Crippen molar-refractivity contribution in [1.82, 2.24) is 0 Å². The van der Waals surface area contributed by atoms with E-state index in [1.807, 2.05) is 0 Å². The minimum atomic E-state index is -6.09. The lowest BCUT2D eigenvalue weighted by Crippen LogP contribution is -2.41. The molecular formula is C16H23F4NO4S. The largest absolute Gasteiger partial charge is 0.741 e. The maximum absolute atomic E-state index is 13.5. The van der Waals surface area contributed by atoms with Gasteiger partial charge in [0.1, 0.15) is 5.60 Å². The van der Waals surface area contributed by atoms with E-state index in [1.165, 1.54) is 19.0 Å². The third-order valence-electron chi connectivity index (χ3n) is 4.44. The molecular weight excluding hydrogens is 378 g/mol. The highest BCUT2D eigenvalue weighted by Gasteiger charge is 2.37. The third kappa shape index (κ3) is 6.71. The molecule has 0 unspecified atom stereocenters. The Morgan fingerprint density at radius 2 is 1.77 bits per heavy atom. The maximum atomic E-state index is 13.5. The molecule has 10 heteroatoms. The number of halogens is 4. The second kappa shape index (κ2) is 8.51. The molecule has 1 aliphatic carbocycles. The quantitative estimate of drug-likeness (QED) is 0.440. The van der Waals surface area contributed by atoms with Gasteiger partial charge in [-0.2, -0.15) is 13.2 Å². The lowest BCUT2D eigenvalue weighted by Gasteiger charge is -2.37. The first-order valence-electron chi connectivity index (χ1n) is 8.13. The predicted molar refractivity (Wildman–Crippen MR) is 84.7 cm³/mol. The van der Waals surface area contributed by atoms with Crippen LogP contribution in [0.15, 0.2) is 24.4 Å². The van der Waals surface area contributed by atoms with Crippen molar-refractivity contribution in [2.24, 2.45) is 11.8 Å². The van der Waals surface area contributed by atoms with Crippen molar-refractivity contribution in [2.45, 2.75) is 57.6 Å². The number of rotatable bonds is 3. The van der Waals surface area contributed by atoms with Gasteiger partial charge in [-0.3, -0.25) is 0 Å². The molecule has 0 amide bonds. The molecule has 1 fully saturated rings. The summed E-state index contributed by atoms with van der Waals surface area (Å²) in [5, 5.41) is 0. The standard InChI is InChI=1S/C15H23FNO.CHF3O3S/c1-12(2)13-7-9-15(3,10-8-13)18-14-6-4-5-11-17(14)16;2-1(3,4)8(5,6)7/h4-6,11-13H,7-10H2,1-3H3;(H,5,6,7)/q+1;/p-1. The first-order valence-corrected chi connectivity index (χ1v) is 9.54. The highest BCUT2D eigenvalue weighted by Crippen LogP contribution is 2.37. The van der Waals surface area contributed by atoms with Crippen molar-refractivity contribution >= 4 is 10.1 Å². The van der Waals surface area contributed by atoms with Crippen molar-refractivity contribution < 1.29 is 40.1 Å². The highest BCUT2D eigenvalue weighted by atomic mass is 32.2. The van der Waals surface area contributed by atoms with Crippen molar-refractivity contribution in [3.05, 3.63) is 24.4 Å². The zero-order chi connectivity index (χ0) is 20.2. The van der Waals surface area contributed by atoms with Gasteiger partial charge in [0.15, 0.2) is 10.1 Å². The fraction of sp³-hybridized carbons (Fsp3) is 0.688. The van der Waals surface area contributed by atoms with E-state index in [2.05, 4.69) is 20.8 Å². The van der Waals surface area contributed by atoms with Gasteiger partial charge in [-0.15, -0.1) is 0 Å². The monoisotopic (exact) mass is 401 g/mol. The summed E-state index contributed by atoms with van der Waals surface area (Å²) in [6.07, 6.45) is 5.73. The maximum Gasteiger partial charge on any atom is 0.485 e. The highest BCUT2D eigenvalue weighted by molar-refractivity contribution is 7.86. The van der Waals surface area contributed by atoms with Crippen molar-refractivity contribution in [3.63, 3.8) is 0 Å². The van der Waals surface area contributed by atoms with Gasteiger partial charge >= 0.3 is 11.4 Å². The zero-order valence-corrected chi connectivity index (χ0v) is 15.6. The lowest BCUT2D eigenvalue weighted by atomic mass is 9.75. The van der Waals surface area contributed by atoms with Crippen molar-refractivity contribution in [3.8, 4) is 5.88 Å². The molecule has 0 radical (unpaired) electrons. The molecule has 0 aromatic carbocycles.